The zero-order valence-electron chi connectivity index (χ0n) is 16.7. The van der Waals surface area contributed by atoms with Gasteiger partial charge in [0.1, 0.15) is 0 Å². The Labute approximate surface area is 177 Å². The molecule has 8 nitrogen and oxygen atoms in total. The number of hydrogen-bond donors (Lipinski definition) is 1. The molecule has 3 heterocycles. The van der Waals surface area contributed by atoms with Crippen molar-refractivity contribution in [3.8, 4) is 17.1 Å². The lowest BCUT2D eigenvalue weighted by atomic mass is 10.2. The molecule has 0 aliphatic carbocycles. The predicted molar refractivity (Wildman–Crippen MR) is 115 cm³/mol. The predicted octanol–water partition coefficient (Wildman–Crippen LogP) is 4.05. The molecule has 0 spiro atoms. The molecule has 0 aliphatic heterocycles. The average Bonchev–Trinajstić information content (AvgIpc) is 3.35. The smallest absolute Gasteiger partial charge is 0.240 e. The summed E-state index contributed by atoms with van der Waals surface area (Å²) in [7, 11) is 0. The average molecular weight is 420 g/mol. The van der Waals surface area contributed by atoms with Crippen LogP contribution in [0.1, 0.15) is 18.2 Å². The van der Waals surface area contributed by atoms with Gasteiger partial charge in [0.2, 0.25) is 11.8 Å². The summed E-state index contributed by atoms with van der Waals surface area (Å²) in [6.45, 7) is 5.64. The Bertz CT molecular complexity index is 1150. The van der Waals surface area contributed by atoms with E-state index in [9.17, 15) is 4.79 Å². The summed E-state index contributed by atoms with van der Waals surface area (Å²) in [5.74, 6) is 0.796. The molecule has 1 atom stereocenters. The van der Waals surface area contributed by atoms with Crippen molar-refractivity contribution in [2.24, 2.45) is 0 Å². The third kappa shape index (κ3) is 4.25. The van der Waals surface area contributed by atoms with Crippen LogP contribution in [0.15, 0.2) is 64.5 Å². The van der Waals surface area contributed by atoms with Crippen molar-refractivity contribution in [1.82, 2.24) is 24.9 Å². The maximum atomic E-state index is 12.6. The molecule has 1 unspecified atom stereocenters. The summed E-state index contributed by atoms with van der Waals surface area (Å²) in [5, 5.41) is 15.4. The first-order valence-electron chi connectivity index (χ1n) is 9.35. The second-order valence-electron chi connectivity index (χ2n) is 6.79. The quantitative estimate of drug-likeness (QED) is 0.470. The van der Waals surface area contributed by atoms with Crippen molar-refractivity contribution < 1.29 is 9.32 Å². The third-order valence-corrected chi connectivity index (χ3v) is 5.43. The van der Waals surface area contributed by atoms with E-state index >= 15 is 0 Å². The lowest BCUT2D eigenvalue weighted by molar-refractivity contribution is -0.115. The highest BCUT2D eigenvalue weighted by Crippen LogP contribution is 2.30. The Morgan fingerprint density at radius 2 is 1.83 bits per heavy atom. The highest BCUT2D eigenvalue weighted by atomic mass is 32.2. The van der Waals surface area contributed by atoms with E-state index in [1.165, 1.54) is 11.8 Å². The normalized spacial score (nSPS) is 12.0. The van der Waals surface area contributed by atoms with Crippen LogP contribution >= 0.6 is 11.8 Å². The molecule has 152 valence electrons. The molecule has 0 fully saturated rings. The van der Waals surface area contributed by atoms with Gasteiger partial charge in [-0.05, 0) is 45.0 Å². The first kappa shape index (κ1) is 19.8. The van der Waals surface area contributed by atoms with E-state index in [1.807, 2.05) is 54.8 Å². The van der Waals surface area contributed by atoms with Gasteiger partial charge >= 0.3 is 0 Å². The van der Waals surface area contributed by atoms with Crippen LogP contribution in [0.25, 0.3) is 17.1 Å². The highest BCUT2D eigenvalue weighted by Gasteiger charge is 2.22. The minimum absolute atomic E-state index is 0.208. The van der Waals surface area contributed by atoms with Crippen LogP contribution in [0.2, 0.25) is 0 Å². The van der Waals surface area contributed by atoms with E-state index < -0.39 is 5.25 Å². The number of hydrogen-bond acceptors (Lipinski definition) is 7. The SMILES string of the molecule is Cc1ccc(-n2c(SC(C)C(=O)Nc3cc(C)no3)nnc2-c2ccncc2)cc1. The van der Waals surface area contributed by atoms with Gasteiger partial charge in [-0.2, -0.15) is 0 Å². The number of aryl methyl sites for hydroxylation is 2. The molecule has 0 saturated carbocycles. The Morgan fingerprint density at radius 3 is 2.50 bits per heavy atom. The molecular formula is C21H20N6O2S. The summed E-state index contributed by atoms with van der Waals surface area (Å²) in [6, 6.07) is 13.5. The fourth-order valence-electron chi connectivity index (χ4n) is 2.82. The summed E-state index contributed by atoms with van der Waals surface area (Å²) in [5.41, 5.74) is 3.66. The number of nitrogens with zero attached hydrogens (tertiary/aromatic N) is 5. The van der Waals surface area contributed by atoms with E-state index in [1.54, 1.807) is 25.4 Å². The van der Waals surface area contributed by atoms with Gasteiger partial charge in [0.05, 0.1) is 10.9 Å². The molecule has 0 saturated heterocycles. The minimum Gasteiger partial charge on any atom is -0.338 e. The number of amides is 1. The first-order chi connectivity index (χ1) is 14.5. The Hall–Kier alpha value is -3.46. The number of carbonyl (C=O) groups excluding carboxylic acids is 1. The number of aromatic nitrogens is 5. The van der Waals surface area contributed by atoms with Crippen LogP contribution in [0.3, 0.4) is 0 Å². The number of benzene rings is 1. The summed E-state index contributed by atoms with van der Waals surface area (Å²) >= 11 is 1.32. The van der Waals surface area contributed by atoms with Crippen LogP contribution < -0.4 is 5.32 Å². The van der Waals surface area contributed by atoms with Gasteiger partial charge in [0, 0.05) is 29.7 Å². The second kappa shape index (κ2) is 8.50. The molecular weight excluding hydrogens is 400 g/mol. The highest BCUT2D eigenvalue weighted by molar-refractivity contribution is 8.00. The number of carbonyl (C=O) groups is 1. The molecule has 1 N–H and O–H groups in total. The van der Waals surface area contributed by atoms with Crippen LogP contribution in [-0.2, 0) is 4.79 Å². The van der Waals surface area contributed by atoms with Crippen LogP contribution in [0, 0.1) is 13.8 Å². The summed E-state index contributed by atoms with van der Waals surface area (Å²) in [4.78, 5) is 16.7. The maximum absolute atomic E-state index is 12.6. The van der Waals surface area contributed by atoms with Gasteiger partial charge in [-0.15, -0.1) is 10.2 Å². The second-order valence-corrected chi connectivity index (χ2v) is 8.10. The number of pyridine rings is 1. The number of nitrogens with one attached hydrogen (secondary N) is 1. The van der Waals surface area contributed by atoms with E-state index in [0.29, 0.717) is 22.6 Å². The largest absolute Gasteiger partial charge is 0.338 e. The first-order valence-corrected chi connectivity index (χ1v) is 10.2. The fourth-order valence-corrected chi connectivity index (χ4v) is 3.69. The number of anilines is 1. The Kier molecular flexibility index (Phi) is 5.62. The standard InChI is InChI=1S/C21H20N6O2S/c1-13-4-6-17(7-5-13)27-19(16-8-10-22-11-9-16)24-25-21(27)30-15(3)20(28)23-18-12-14(2)26-29-18/h4-12,15H,1-3H3,(H,23,28). The van der Waals surface area contributed by atoms with Crippen molar-refractivity contribution in [2.75, 3.05) is 5.32 Å². The van der Waals surface area contributed by atoms with E-state index in [0.717, 1.165) is 16.8 Å². The van der Waals surface area contributed by atoms with Gasteiger partial charge < -0.3 is 4.52 Å². The summed E-state index contributed by atoms with van der Waals surface area (Å²) < 4.78 is 7.02. The molecule has 0 radical (unpaired) electrons. The van der Waals surface area contributed by atoms with Gasteiger partial charge in [-0.1, -0.05) is 34.6 Å². The minimum atomic E-state index is -0.436. The monoisotopic (exact) mass is 420 g/mol. The summed E-state index contributed by atoms with van der Waals surface area (Å²) in [6.07, 6.45) is 3.43. The van der Waals surface area contributed by atoms with Crippen molar-refractivity contribution in [2.45, 2.75) is 31.2 Å². The molecule has 4 aromatic rings. The van der Waals surface area contributed by atoms with Crippen molar-refractivity contribution in [3.05, 3.63) is 66.1 Å². The van der Waals surface area contributed by atoms with Gasteiger partial charge in [0.15, 0.2) is 11.0 Å². The van der Waals surface area contributed by atoms with Crippen molar-refractivity contribution in [3.63, 3.8) is 0 Å². The molecule has 0 aliphatic rings. The third-order valence-electron chi connectivity index (χ3n) is 4.39. The molecule has 9 heteroatoms. The number of rotatable bonds is 6. The maximum Gasteiger partial charge on any atom is 0.240 e. The number of thioether (sulfide) groups is 1. The van der Waals surface area contributed by atoms with Crippen LogP contribution in [-0.4, -0.2) is 36.1 Å². The van der Waals surface area contributed by atoms with E-state index in [2.05, 4.69) is 25.7 Å². The lowest BCUT2D eigenvalue weighted by Crippen LogP contribution is -2.22. The fraction of sp³-hybridized carbons (Fsp3) is 0.190. The van der Waals surface area contributed by atoms with Crippen LogP contribution in [0.4, 0.5) is 5.88 Å². The van der Waals surface area contributed by atoms with Crippen molar-refractivity contribution in [1.29, 1.82) is 0 Å². The zero-order chi connectivity index (χ0) is 21.1. The van der Waals surface area contributed by atoms with Crippen LogP contribution in [0.5, 0.6) is 0 Å². The van der Waals surface area contributed by atoms with E-state index in [4.69, 9.17) is 4.52 Å². The van der Waals surface area contributed by atoms with Gasteiger partial charge in [0.25, 0.3) is 0 Å². The van der Waals surface area contributed by atoms with Gasteiger partial charge in [-0.3, -0.25) is 19.7 Å². The van der Waals surface area contributed by atoms with E-state index in [-0.39, 0.29) is 5.91 Å². The Morgan fingerprint density at radius 1 is 1.10 bits per heavy atom. The zero-order valence-corrected chi connectivity index (χ0v) is 17.6. The van der Waals surface area contributed by atoms with Gasteiger partial charge in [-0.25, -0.2) is 0 Å². The molecule has 1 amide bonds. The molecule has 30 heavy (non-hydrogen) atoms. The molecule has 0 bridgehead atoms. The molecule has 1 aromatic carbocycles. The lowest BCUT2D eigenvalue weighted by Gasteiger charge is -2.13. The van der Waals surface area contributed by atoms with Crippen molar-refractivity contribution >= 4 is 23.6 Å². The topological polar surface area (TPSA) is 98.7 Å². The Balaban J connectivity index is 1.65. The molecule has 4 rings (SSSR count). The molecule has 3 aromatic heterocycles.